The molecule has 11 heteroatoms. The average molecular weight is 556 g/mol. The number of hydrogen-bond donors (Lipinski definition) is 1. The van der Waals surface area contributed by atoms with Crippen LogP contribution in [0.5, 0.6) is 17.2 Å². The Hall–Kier alpha value is -5.45. The molecule has 1 N–H and O–H groups in total. The molecule has 1 aliphatic heterocycles. The van der Waals surface area contributed by atoms with Crippen LogP contribution < -0.4 is 19.7 Å². The molecule has 4 aromatic rings. The van der Waals surface area contributed by atoms with Crippen molar-refractivity contribution >= 4 is 45.6 Å². The van der Waals surface area contributed by atoms with E-state index in [9.17, 15) is 24.5 Å². The Morgan fingerprint density at radius 3 is 2.49 bits per heavy atom. The van der Waals surface area contributed by atoms with Crippen molar-refractivity contribution in [3.8, 4) is 17.2 Å². The summed E-state index contributed by atoms with van der Waals surface area (Å²) in [7, 11) is 1.38. The minimum atomic E-state index is -0.770. The predicted octanol–water partition coefficient (Wildman–Crippen LogP) is 5.08. The molecule has 0 aliphatic carbocycles. The fourth-order valence-electron chi connectivity index (χ4n) is 4.56. The number of anilines is 2. The maximum atomic E-state index is 12.7. The van der Waals surface area contributed by atoms with Gasteiger partial charge in [0.25, 0.3) is 11.6 Å². The normalized spacial score (nSPS) is 14.5. The van der Waals surface area contributed by atoms with E-state index in [0.717, 1.165) is 10.8 Å². The summed E-state index contributed by atoms with van der Waals surface area (Å²) >= 11 is 0. The van der Waals surface area contributed by atoms with Gasteiger partial charge in [-0.2, -0.15) is 0 Å². The van der Waals surface area contributed by atoms with E-state index < -0.39 is 29.3 Å². The van der Waals surface area contributed by atoms with Crippen molar-refractivity contribution in [2.45, 2.75) is 6.42 Å². The van der Waals surface area contributed by atoms with Crippen LogP contribution in [-0.4, -0.2) is 43.0 Å². The number of nitrogens with one attached hydrogen (secondary N) is 1. The van der Waals surface area contributed by atoms with Crippen LogP contribution in [0.25, 0.3) is 10.8 Å². The second kappa shape index (κ2) is 11.7. The zero-order valence-electron chi connectivity index (χ0n) is 21.9. The van der Waals surface area contributed by atoms with Gasteiger partial charge >= 0.3 is 5.97 Å². The SMILES string of the molecule is COc1ccc([N+](=O)[O-])c(NC(=O)COC(=O)[C@@H]2CC(=O)N(c3ccc(Oc4cccc5ccccc45)cc3)C2)c1. The maximum absolute atomic E-state index is 12.7. The van der Waals surface area contributed by atoms with E-state index in [-0.39, 0.29) is 30.2 Å². The molecule has 1 atom stereocenters. The standard InChI is InChI=1S/C30H25N3O8/c1-39-23-13-14-26(33(37)38)25(16-23)31-28(34)18-40-30(36)20-15-29(35)32(17-20)21-9-11-22(12-10-21)41-27-8-4-6-19-5-2-3-7-24(19)27/h2-14,16,20H,15,17-18H2,1H3,(H,31,34)/t20-/m1/s1. The monoisotopic (exact) mass is 555 g/mol. The van der Waals surface area contributed by atoms with E-state index in [0.29, 0.717) is 22.9 Å². The molecule has 0 unspecified atom stereocenters. The van der Waals surface area contributed by atoms with Gasteiger partial charge in [-0.25, -0.2) is 0 Å². The number of nitro benzene ring substituents is 1. The minimum absolute atomic E-state index is 0.0733. The average Bonchev–Trinajstić information content (AvgIpc) is 3.37. The lowest BCUT2D eigenvalue weighted by Crippen LogP contribution is -2.28. The fraction of sp³-hybridized carbons (Fsp3) is 0.167. The molecule has 4 aromatic carbocycles. The number of ether oxygens (including phenoxy) is 3. The molecule has 1 saturated heterocycles. The minimum Gasteiger partial charge on any atom is -0.497 e. The van der Waals surface area contributed by atoms with Crippen LogP contribution in [0.2, 0.25) is 0 Å². The fourth-order valence-corrected chi connectivity index (χ4v) is 4.56. The van der Waals surface area contributed by atoms with Crippen molar-refractivity contribution in [3.05, 3.63) is 95.0 Å². The largest absolute Gasteiger partial charge is 0.497 e. The molecular formula is C30H25N3O8. The summed E-state index contributed by atoms with van der Waals surface area (Å²) in [6.07, 6.45) is -0.0733. The van der Waals surface area contributed by atoms with Crippen LogP contribution in [0.15, 0.2) is 84.9 Å². The van der Waals surface area contributed by atoms with Gasteiger partial charge in [0.05, 0.1) is 18.0 Å². The van der Waals surface area contributed by atoms with Crippen LogP contribution in [0.1, 0.15) is 6.42 Å². The van der Waals surface area contributed by atoms with Gasteiger partial charge in [-0.3, -0.25) is 24.5 Å². The van der Waals surface area contributed by atoms with E-state index in [4.69, 9.17) is 14.2 Å². The number of amides is 2. The number of benzene rings is 4. The molecule has 0 aromatic heterocycles. The Balaban J connectivity index is 1.17. The zero-order chi connectivity index (χ0) is 28.9. The number of nitro groups is 1. The molecule has 1 aliphatic rings. The zero-order valence-corrected chi connectivity index (χ0v) is 21.9. The molecule has 41 heavy (non-hydrogen) atoms. The van der Waals surface area contributed by atoms with Crippen molar-refractivity contribution < 1.29 is 33.5 Å². The van der Waals surface area contributed by atoms with Gasteiger partial charge in [0.1, 0.15) is 22.9 Å². The first-order chi connectivity index (χ1) is 19.8. The van der Waals surface area contributed by atoms with E-state index in [1.165, 1.54) is 30.2 Å². The van der Waals surface area contributed by atoms with Crippen LogP contribution in [0.3, 0.4) is 0 Å². The third-order valence-electron chi connectivity index (χ3n) is 6.60. The Labute approximate surface area is 234 Å². The highest BCUT2D eigenvalue weighted by atomic mass is 16.6. The van der Waals surface area contributed by atoms with Gasteiger partial charge in [-0.05, 0) is 41.8 Å². The molecular weight excluding hydrogens is 530 g/mol. The molecule has 5 rings (SSSR count). The molecule has 11 nitrogen and oxygen atoms in total. The second-order valence-corrected chi connectivity index (χ2v) is 9.27. The molecule has 1 heterocycles. The Morgan fingerprint density at radius 1 is 1.00 bits per heavy atom. The summed E-state index contributed by atoms with van der Waals surface area (Å²) in [6, 6.07) is 24.5. The third-order valence-corrected chi connectivity index (χ3v) is 6.60. The van der Waals surface area contributed by atoms with E-state index in [1.54, 1.807) is 24.3 Å². The molecule has 0 saturated carbocycles. The number of carbonyl (C=O) groups excluding carboxylic acids is 3. The molecule has 2 amide bonds. The topological polar surface area (TPSA) is 137 Å². The summed E-state index contributed by atoms with van der Waals surface area (Å²) in [5, 5.41) is 15.6. The highest BCUT2D eigenvalue weighted by Gasteiger charge is 2.36. The predicted molar refractivity (Wildman–Crippen MR) is 150 cm³/mol. The summed E-state index contributed by atoms with van der Waals surface area (Å²) in [5.41, 5.74) is 0.167. The Kier molecular flexibility index (Phi) is 7.77. The number of nitrogens with zero attached hydrogens (tertiary/aromatic N) is 2. The molecule has 0 bridgehead atoms. The van der Waals surface area contributed by atoms with Gasteiger partial charge < -0.3 is 24.4 Å². The van der Waals surface area contributed by atoms with Gasteiger partial charge in [0, 0.05) is 36.2 Å². The molecule has 0 spiro atoms. The smallest absolute Gasteiger partial charge is 0.311 e. The van der Waals surface area contributed by atoms with E-state index in [1.807, 2.05) is 42.5 Å². The van der Waals surface area contributed by atoms with Crippen molar-refractivity contribution in [1.82, 2.24) is 0 Å². The quantitative estimate of drug-likeness (QED) is 0.171. The number of esters is 1. The molecule has 0 radical (unpaired) electrons. The first-order valence-corrected chi connectivity index (χ1v) is 12.7. The maximum Gasteiger partial charge on any atom is 0.311 e. The summed E-state index contributed by atoms with van der Waals surface area (Å²) in [4.78, 5) is 49.8. The molecule has 1 fully saturated rings. The van der Waals surface area contributed by atoms with Crippen LogP contribution in [0, 0.1) is 16.0 Å². The van der Waals surface area contributed by atoms with Gasteiger partial charge in [0.15, 0.2) is 6.61 Å². The van der Waals surface area contributed by atoms with Crippen LogP contribution in [-0.2, 0) is 19.1 Å². The lowest BCUT2D eigenvalue weighted by Gasteiger charge is -2.17. The Bertz CT molecular complexity index is 1630. The third kappa shape index (κ3) is 6.09. The number of hydrogen-bond acceptors (Lipinski definition) is 8. The second-order valence-electron chi connectivity index (χ2n) is 9.27. The van der Waals surface area contributed by atoms with Crippen molar-refractivity contribution in [2.24, 2.45) is 5.92 Å². The number of carbonyl (C=O) groups is 3. The number of fused-ring (bicyclic) bond motifs is 1. The first-order valence-electron chi connectivity index (χ1n) is 12.7. The summed E-state index contributed by atoms with van der Waals surface area (Å²) < 4.78 is 16.2. The lowest BCUT2D eigenvalue weighted by atomic mass is 10.1. The van der Waals surface area contributed by atoms with Crippen LogP contribution in [0.4, 0.5) is 17.1 Å². The highest BCUT2D eigenvalue weighted by molar-refractivity contribution is 6.00. The van der Waals surface area contributed by atoms with Crippen LogP contribution >= 0.6 is 0 Å². The summed E-state index contributed by atoms with van der Waals surface area (Å²) in [6.45, 7) is -0.581. The van der Waals surface area contributed by atoms with E-state index in [2.05, 4.69) is 5.32 Å². The lowest BCUT2D eigenvalue weighted by molar-refractivity contribution is -0.383. The number of methoxy groups -OCH3 is 1. The van der Waals surface area contributed by atoms with Gasteiger partial charge in [0.2, 0.25) is 5.91 Å². The van der Waals surface area contributed by atoms with Gasteiger partial charge in [-0.1, -0.05) is 36.4 Å². The van der Waals surface area contributed by atoms with Crippen molar-refractivity contribution in [1.29, 1.82) is 0 Å². The van der Waals surface area contributed by atoms with Crippen molar-refractivity contribution in [3.63, 3.8) is 0 Å². The summed E-state index contributed by atoms with van der Waals surface area (Å²) in [5.74, 6) is -0.902. The molecule has 208 valence electrons. The highest BCUT2D eigenvalue weighted by Crippen LogP contribution is 2.33. The number of rotatable bonds is 9. The van der Waals surface area contributed by atoms with Crippen molar-refractivity contribution in [2.75, 3.05) is 30.5 Å². The Morgan fingerprint density at radius 2 is 1.73 bits per heavy atom. The van der Waals surface area contributed by atoms with Gasteiger partial charge in [-0.15, -0.1) is 0 Å². The van der Waals surface area contributed by atoms with E-state index >= 15 is 0 Å². The first kappa shape index (κ1) is 27.1.